The molecule has 0 radical (unpaired) electrons. The predicted octanol–water partition coefficient (Wildman–Crippen LogP) is 5.32. The highest BCUT2D eigenvalue weighted by atomic mass is 16.5. The lowest BCUT2D eigenvalue weighted by atomic mass is 10.1. The number of hydrogen-bond donors (Lipinski definition) is 1. The molecule has 30 heavy (non-hydrogen) atoms. The first-order valence-electron chi connectivity index (χ1n) is 9.64. The van der Waals surface area contributed by atoms with Crippen LogP contribution in [0.3, 0.4) is 0 Å². The summed E-state index contributed by atoms with van der Waals surface area (Å²) in [5.74, 6) is 1.03. The van der Waals surface area contributed by atoms with Gasteiger partial charge in [-0.1, -0.05) is 43.0 Å². The van der Waals surface area contributed by atoms with Crippen LogP contribution in [0.2, 0.25) is 0 Å². The van der Waals surface area contributed by atoms with Gasteiger partial charge in [0.25, 0.3) is 0 Å². The van der Waals surface area contributed by atoms with Gasteiger partial charge in [-0.2, -0.15) is 0 Å². The lowest BCUT2D eigenvalue weighted by Gasteiger charge is -2.13. The van der Waals surface area contributed by atoms with Gasteiger partial charge in [-0.25, -0.2) is 0 Å². The average Bonchev–Trinajstić information content (AvgIpc) is 3.06. The third kappa shape index (κ3) is 4.81. The Balaban J connectivity index is 1.90. The molecular formula is C25H25NO4. The number of nitrogens with zero attached hydrogens (tertiary/aromatic N) is 1. The number of carboxylic acids is 1. The highest BCUT2D eigenvalue weighted by Gasteiger charge is 2.12. The fraction of sp³-hybridized carbons (Fsp3) is 0.160. The number of aliphatic carboxylic acids is 1. The third-order valence-electron chi connectivity index (χ3n) is 4.69. The van der Waals surface area contributed by atoms with Gasteiger partial charge in [0.15, 0.2) is 11.5 Å². The normalized spacial score (nSPS) is 12.1. The highest BCUT2D eigenvalue weighted by Crippen LogP contribution is 2.25. The molecule has 0 atom stereocenters. The Kier molecular flexibility index (Phi) is 6.75. The molecule has 2 aromatic carbocycles. The minimum absolute atomic E-state index is 0.00445. The topological polar surface area (TPSA) is 60.7 Å². The maximum absolute atomic E-state index is 11.2. The zero-order valence-corrected chi connectivity index (χ0v) is 17.2. The smallest absolute Gasteiger partial charge is 0.307 e. The summed E-state index contributed by atoms with van der Waals surface area (Å²) in [6.45, 7) is 6.21. The van der Waals surface area contributed by atoms with Crippen molar-refractivity contribution in [3.63, 3.8) is 0 Å². The molecule has 0 aliphatic heterocycles. The molecule has 1 heterocycles. The van der Waals surface area contributed by atoms with E-state index in [0.717, 1.165) is 22.0 Å². The first kappa shape index (κ1) is 21.0. The van der Waals surface area contributed by atoms with Crippen LogP contribution in [0.4, 0.5) is 0 Å². The Hall–Kier alpha value is -3.73. The fourth-order valence-electron chi connectivity index (χ4n) is 3.42. The molecule has 154 valence electrons. The summed E-state index contributed by atoms with van der Waals surface area (Å²) in [7, 11) is 1.60. The Labute approximate surface area is 176 Å². The van der Waals surface area contributed by atoms with Crippen molar-refractivity contribution in [2.75, 3.05) is 7.11 Å². The highest BCUT2D eigenvalue weighted by molar-refractivity contribution is 5.87. The monoisotopic (exact) mass is 403 g/mol. The Bertz CT molecular complexity index is 1120. The average molecular weight is 403 g/mol. The van der Waals surface area contributed by atoms with Gasteiger partial charge < -0.3 is 19.1 Å². The third-order valence-corrected chi connectivity index (χ3v) is 4.69. The first-order chi connectivity index (χ1) is 14.5. The van der Waals surface area contributed by atoms with Crippen LogP contribution in [0.25, 0.3) is 10.9 Å². The molecule has 0 saturated heterocycles. The van der Waals surface area contributed by atoms with Crippen molar-refractivity contribution in [1.82, 2.24) is 4.57 Å². The van der Waals surface area contributed by atoms with Crippen molar-refractivity contribution in [3.05, 3.63) is 102 Å². The van der Waals surface area contributed by atoms with Crippen molar-refractivity contribution >= 4 is 16.9 Å². The zero-order valence-electron chi connectivity index (χ0n) is 17.2. The summed E-state index contributed by atoms with van der Waals surface area (Å²) in [6, 6.07) is 15.6. The molecule has 0 aliphatic carbocycles. The van der Waals surface area contributed by atoms with Crippen LogP contribution < -0.4 is 4.74 Å². The number of benzene rings is 2. The molecule has 0 bridgehead atoms. The first-order valence-corrected chi connectivity index (χ1v) is 9.64. The van der Waals surface area contributed by atoms with E-state index < -0.39 is 5.97 Å². The SMILES string of the molecule is C=C/C=C(Oc1cccc(Cn2cc(CC(=O)O)c3ccccc32)c1)\C(=C/C)OC. The summed E-state index contributed by atoms with van der Waals surface area (Å²) in [5.41, 5.74) is 2.84. The minimum atomic E-state index is -0.840. The second-order valence-electron chi connectivity index (χ2n) is 6.74. The molecule has 0 amide bonds. The number of aromatic nitrogens is 1. The van der Waals surface area contributed by atoms with Gasteiger partial charge >= 0.3 is 5.97 Å². The number of fused-ring (bicyclic) bond motifs is 1. The second kappa shape index (κ2) is 9.65. The summed E-state index contributed by atoms with van der Waals surface area (Å²) in [4.78, 5) is 11.2. The van der Waals surface area contributed by atoms with Crippen LogP contribution in [0.1, 0.15) is 18.1 Å². The van der Waals surface area contributed by atoms with E-state index in [4.69, 9.17) is 9.47 Å². The quantitative estimate of drug-likeness (QED) is 0.388. The molecule has 5 nitrogen and oxygen atoms in total. The molecule has 5 heteroatoms. The number of rotatable bonds is 9. The van der Waals surface area contributed by atoms with Crippen molar-refractivity contribution in [2.24, 2.45) is 0 Å². The van der Waals surface area contributed by atoms with Gasteiger partial charge in [-0.3, -0.25) is 4.79 Å². The van der Waals surface area contributed by atoms with E-state index in [-0.39, 0.29) is 6.42 Å². The lowest BCUT2D eigenvalue weighted by Crippen LogP contribution is -2.03. The van der Waals surface area contributed by atoms with Crippen LogP contribution in [0, 0.1) is 0 Å². The number of methoxy groups -OCH3 is 1. The van der Waals surface area contributed by atoms with Gasteiger partial charge in [0, 0.05) is 23.6 Å². The zero-order chi connectivity index (χ0) is 21.5. The van der Waals surface area contributed by atoms with Crippen molar-refractivity contribution in [3.8, 4) is 5.75 Å². The molecule has 0 fully saturated rings. The van der Waals surface area contributed by atoms with E-state index in [1.54, 1.807) is 19.3 Å². The van der Waals surface area contributed by atoms with Crippen molar-refractivity contribution in [1.29, 1.82) is 0 Å². The Morgan fingerprint density at radius 1 is 1.17 bits per heavy atom. The van der Waals surface area contributed by atoms with Crippen LogP contribution in [0.5, 0.6) is 5.75 Å². The molecule has 1 N–H and O–H groups in total. The summed E-state index contributed by atoms with van der Waals surface area (Å²) < 4.78 is 13.5. The summed E-state index contributed by atoms with van der Waals surface area (Å²) >= 11 is 0. The standard InChI is InChI=1S/C25H25NO4/c1-4-9-24(23(5-2)29-3)30-20-11-8-10-18(14-20)16-26-17-19(15-25(27)28)21-12-6-7-13-22(21)26/h4-14,17H,1,15-16H2,2-3H3,(H,27,28)/b23-5+,24-9+. The van der Waals surface area contributed by atoms with Gasteiger partial charge in [0.2, 0.25) is 0 Å². The van der Waals surface area contributed by atoms with Gasteiger partial charge in [-0.05, 0) is 48.4 Å². The predicted molar refractivity (Wildman–Crippen MR) is 118 cm³/mol. The molecule has 0 spiro atoms. The number of para-hydroxylation sites is 1. The van der Waals surface area contributed by atoms with Crippen LogP contribution in [-0.4, -0.2) is 22.8 Å². The molecule has 0 unspecified atom stereocenters. The maximum Gasteiger partial charge on any atom is 0.307 e. The van der Waals surface area contributed by atoms with Gasteiger partial charge in [0.1, 0.15) is 5.75 Å². The fourth-order valence-corrected chi connectivity index (χ4v) is 3.42. The van der Waals surface area contributed by atoms with E-state index in [2.05, 4.69) is 11.1 Å². The summed E-state index contributed by atoms with van der Waals surface area (Å²) in [5, 5.41) is 10.2. The molecule has 3 rings (SSSR count). The van der Waals surface area contributed by atoms with E-state index in [1.807, 2.05) is 67.7 Å². The van der Waals surface area contributed by atoms with Crippen LogP contribution >= 0.6 is 0 Å². The Morgan fingerprint density at radius 2 is 1.97 bits per heavy atom. The molecule has 0 aliphatic rings. The molecule has 3 aromatic rings. The second-order valence-corrected chi connectivity index (χ2v) is 6.74. The number of hydrogen-bond acceptors (Lipinski definition) is 3. The lowest BCUT2D eigenvalue weighted by molar-refractivity contribution is -0.136. The van der Waals surface area contributed by atoms with E-state index in [0.29, 0.717) is 23.8 Å². The molecule has 0 saturated carbocycles. The van der Waals surface area contributed by atoms with Crippen molar-refractivity contribution in [2.45, 2.75) is 19.9 Å². The van der Waals surface area contributed by atoms with E-state index in [9.17, 15) is 9.90 Å². The van der Waals surface area contributed by atoms with Gasteiger partial charge in [0.05, 0.1) is 13.5 Å². The minimum Gasteiger partial charge on any atom is -0.493 e. The summed E-state index contributed by atoms with van der Waals surface area (Å²) in [6.07, 6.45) is 7.14. The molecule has 1 aromatic heterocycles. The van der Waals surface area contributed by atoms with Crippen LogP contribution in [-0.2, 0) is 22.5 Å². The van der Waals surface area contributed by atoms with E-state index >= 15 is 0 Å². The van der Waals surface area contributed by atoms with E-state index in [1.165, 1.54) is 0 Å². The Morgan fingerprint density at radius 3 is 2.67 bits per heavy atom. The van der Waals surface area contributed by atoms with Crippen molar-refractivity contribution < 1.29 is 19.4 Å². The number of ether oxygens (including phenoxy) is 2. The number of allylic oxidation sites excluding steroid dienone is 3. The van der Waals surface area contributed by atoms with Crippen LogP contribution in [0.15, 0.2) is 91.1 Å². The number of carboxylic acid groups (broad SMARTS) is 1. The van der Waals surface area contributed by atoms with Gasteiger partial charge in [-0.15, -0.1) is 0 Å². The largest absolute Gasteiger partial charge is 0.493 e. The maximum atomic E-state index is 11.2. The molecular weight excluding hydrogens is 378 g/mol. The number of carbonyl (C=O) groups is 1.